The summed E-state index contributed by atoms with van der Waals surface area (Å²) < 4.78 is 46.8. The van der Waals surface area contributed by atoms with E-state index in [2.05, 4.69) is 0 Å². The van der Waals surface area contributed by atoms with Crippen molar-refractivity contribution < 1.29 is 33.3 Å². The number of hydroxylamine groups is 2. The predicted molar refractivity (Wildman–Crippen MR) is 88.0 cm³/mol. The van der Waals surface area contributed by atoms with E-state index in [9.17, 15) is 28.6 Å². The van der Waals surface area contributed by atoms with Gasteiger partial charge in [-0.1, -0.05) is 0 Å². The number of nitrogens with zero attached hydrogens (tertiary/aromatic N) is 3. The molecule has 0 amide bonds. The molecule has 0 aliphatic carbocycles. The first-order chi connectivity index (χ1) is 12.9. The largest absolute Gasteiger partial charge is 0.494 e. The van der Waals surface area contributed by atoms with Gasteiger partial charge in [0.15, 0.2) is 0 Å². The predicted octanol–water partition coefficient (Wildman–Crippen LogP) is 2.94. The number of halogens is 3. The summed E-state index contributed by atoms with van der Waals surface area (Å²) in [6, 6.07) is 4.39. The minimum absolute atomic E-state index is 0.00771. The van der Waals surface area contributed by atoms with Crippen molar-refractivity contribution in [2.24, 2.45) is 0 Å². The number of aromatic nitrogens is 1. The fourth-order valence-electron chi connectivity index (χ4n) is 4.37. The number of fused-ring (bicyclic) bond motifs is 5. The van der Waals surface area contributed by atoms with E-state index in [4.69, 9.17) is 10.00 Å². The normalized spacial score (nSPS) is 26.9. The Labute approximate surface area is 157 Å². The molecule has 0 unspecified atom stereocenters. The lowest BCUT2D eigenvalue weighted by atomic mass is 9.94. The highest BCUT2D eigenvalue weighted by Gasteiger charge is 2.59. The van der Waals surface area contributed by atoms with Crippen LogP contribution >= 0.6 is 0 Å². The van der Waals surface area contributed by atoms with Crippen molar-refractivity contribution in [2.45, 2.75) is 31.2 Å². The molecule has 2 aliphatic rings. The molecule has 4 rings (SSSR count). The third-order valence-electron chi connectivity index (χ3n) is 5.28. The van der Waals surface area contributed by atoms with Crippen molar-refractivity contribution in [2.75, 3.05) is 13.1 Å². The minimum atomic E-state index is -4.78. The molecule has 2 aliphatic heterocycles. The molecule has 2 aromatic rings. The van der Waals surface area contributed by atoms with Crippen molar-refractivity contribution in [1.29, 1.82) is 5.26 Å². The molecular formula is C18H16F3N3O4. The van der Waals surface area contributed by atoms with Gasteiger partial charge < -0.3 is 20.2 Å². The smallest absolute Gasteiger partial charge is 0.417 e. The van der Waals surface area contributed by atoms with Gasteiger partial charge in [0.2, 0.25) is 11.8 Å². The van der Waals surface area contributed by atoms with Gasteiger partial charge in [-0.05, 0) is 32.0 Å². The number of ether oxygens (including phenoxy) is 1. The standard InChI is InChI=1S/C18H16F3N3O4/c1-16-7-23(27)8-17(2,28-16)13-12(16)14(25)24(15(13)26)10-4-3-9(6-22)11(5-10)18(19,20)21/h3-5,25-27H,7-8H2,1-2H3/t16-,17+. The van der Waals surface area contributed by atoms with E-state index in [1.807, 2.05) is 0 Å². The van der Waals surface area contributed by atoms with Gasteiger partial charge in [-0.15, -0.1) is 0 Å². The van der Waals surface area contributed by atoms with Crippen LogP contribution in [0.3, 0.4) is 0 Å². The van der Waals surface area contributed by atoms with Crippen LogP contribution in [0.2, 0.25) is 0 Å². The first-order valence-corrected chi connectivity index (χ1v) is 8.34. The van der Waals surface area contributed by atoms with Gasteiger partial charge in [0.05, 0.1) is 47.1 Å². The van der Waals surface area contributed by atoms with Crippen molar-refractivity contribution in [1.82, 2.24) is 9.63 Å². The summed E-state index contributed by atoms with van der Waals surface area (Å²) in [5.41, 5.74) is -3.79. The van der Waals surface area contributed by atoms with Crippen LogP contribution in [-0.4, -0.2) is 38.1 Å². The van der Waals surface area contributed by atoms with Crippen LogP contribution in [0.1, 0.15) is 36.1 Å². The van der Waals surface area contributed by atoms with Crippen molar-refractivity contribution >= 4 is 0 Å². The second-order valence-corrected chi connectivity index (χ2v) is 7.46. The summed E-state index contributed by atoms with van der Waals surface area (Å²) >= 11 is 0. The first kappa shape index (κ1) is 18.6. The zero-order chi connectivity index (χ0) is 20.6. The Morgan fingerprint density at radius 2 is 1.64 bits per heavy atom. The highest BCUT2D eigenvalue weighted by atomic mass is 19.4. The summed E-state index contributed by atoms with van der Waals surface area (Å²) in [5, 5.41) is 41.5. The quantitative estimate of drug-likeness (QED) is 0.686. The van der Waals surface area contributed by atoms with Gasteiger partial charge in [0.25, 0.3) is 0 Å². The van der Waals surface area contributed by atoms with Crippen LogP contribution in [0, 0.1) is 11.3 Å². The van der Waals surface area contributed by atoms with E-state index in [0.29, 0.717) is 6.07 Å². The molecule has 2 atom stereocenters. The second-order valence-electron chi connectivity index (χ2n) is 7.46. The maximum absolute atomic E-state index is 13.3. The third kappa shape index (κ3) is 2.33. The molecule has 0 spiro atoms. The van der Waals surface area contributed by atoms with Crippen LogP contribution < -0.4 is 0 Å². The lowest BCUT2D eigenvalue weighted by Gasteiger charge is -2.41. The van der Waals surface area contributed by atoms with E-state index in [1.54, 1.807) is 13.8 Å². The molecule has 0 saturated carbocycles. The molecule has 10 heteroatoms. The van der Waals surface area contributed by atoms with Crippen LogP contribution in [0.4, 0.5) is 13.2 Å². The first-order valence-electron chi connectivity index (χ1n) is 8.34. The molecule has 3 N–H and O–H groups in total. The average Bonchev–Trinajstić information content (AvgIpc) is 2.93. The van der Waals surface area contributed by atoms with Gasteiger partial charge in [0.1, 0.15) is 11.2 Å². The number of rotatable bonds is 1. The summed E-state index contributed by atoms with van der Waals surface area (Å²) in [7, 11) is 0. The van der Waals surface area contributed by atoms with E-state index in [0.717, 1.165) is 15.7 Å². The zero-order valence-electron chi connectivity index (χ0n) is 14.9. The Bertz CT molecular complexity index is 1000. The lowest BCUT2D eigenvalue weighted by molar-refractivity contribution is -0.260. The number of hydrogen-bond acceptors (Lipinski definition) is 6. The maximum atomic E-state index is 13.3. The van der Waals surface area contributed by atoms with Crippen molar-refractivity contribution in [3.05, 3.63) is 40.5 Å². The summed E-state index contributed by atoms with van der Waals surface area (Å²) in [4.78, 5) is 0. The Balaban J connectivity index is 1.96. The molecule has 3 heterocycles. The number of alkyl halides is 3. The monoisotopic (exact) mass is 395 g/mol. The zero-order valence-corrected chi connectivity index (χ0v) is 14.9. The average molecular weight is 395 g/mol. The Morgan fingerprint density at radius 3 is 2.11 bits per heavy atom. The number of aromatic hydroxyl groups is 2. The van der Waals surface area contributed by atoms with Crippen LogP contribution in [0.15, 0.2) is 18.2 Å². The second kappa shape index (κ2) is 5.41. The van der Waals surface area contributed by atoms with E-state index >= 15 is 0 Å². The lowest BCUT2D eigenvalue weighted by Crippen LogP contribution is -2.50. The highest BCUT2D eigenvalue weighted by molar-refractivity contribution is 5.61. The Morgan fingerprint density at radius 1 is 1.11 bits per heavy atom. The van der Waals surface area contributed by atoms with E-state index in [-0.39, 0.29) is 29.9 Å². The van der Waals surface area contributed by atoms with Crippen LogP contribution in [0.25, 0.3) is 5.69 Å². The SMILES string of the molecule is C[C@]12CN(O)C[C@](C)(O1)c1c2c(O)n(-c2ccc(C#N)c(C(F)(F)F)c2)c1O. The third-order valence-corrected chi connectivity index (χ3v) is 5.28. The highest BCUT2D eigenvalue weighted by Crippen LogP contribution is 2.58. The molecule has 1 aromatic heterocycles. The summed E-state index contributed by atoms with van der Waals surface area (Å²) in [6.07, 6.45) is -4.78. The molecule has 7 nitrogen and oxygen atoms in total. The van der Waals surface area contributed by atoms with Crippen LogP contribution in [0.5, 0.6) is 11.8 Å². The maximum Gasteiger partial charge on any atom is 0.417 e. The Hall–Kier alpha value is -2.74. The molecule has 2 bridgehead atoms. The van der Waals surface area contributed by atoms with Gasteiger partial charge in [-0.3, -0.25) is 4.57 Å². The molecule has 28 heavy (non-hydrogen) atoms. The fourth-order valence-corrected chi connectivity index (χ4v) is 4.37. The van der Waals surface area contributed by atoms with Crippen molar-refractivity contribution in [3.63, 3.8) is 0 Å². The fraction of sp³-hybridized carbons (Fsp3) is 0.389. The molecule has 0 radical (unpaired) electrons. The number of benzene rings is 1. The van der Waals surface area contributed by atoms with Gasteiger partial charge in [0, 0.05) is 0 Å². The molecule has 1 saturated heterocycles. The molecular weight excluding hydrogens is 379 g/mol. The van der Waals surface area contributed by atoms with Gasteiger partial charge in [-0.2, -0.15) is 23.5 Å². The van der Waals surface area contributed by atoms with E-state index in [1.165, 1.54) is 12.1 Å². The topological polar surface area (TPSA) is 102 Å². The molecule has 148 valence electrons. The van der Waals surface area contributed by atoms with Gasteiger partial charge >= 0.3 is 6.18 Å². The molecule has 1 aromatic carbocycles. The number of nitriles is 1. The summed E-state index contributed by atoms with van der Waals surface area (Å²) in [6.45, 7) is 3.24. The summed E-state index contributed by atoms with van der Waals surface area (Å²) in [5.74, 6) is -0.960. The minimum Gasteiger partial charge on any atom is -0.494 e. The number of hydrogen-bond donors (Lipinski definition) is 3. The molecule has 1 fully saturated rings. The van der Waals surface area contributed by atoms with E-state index < -0.39 is 40.3 Å². The Kier molecular flexibility index (Phi) is 3.60. The van der Waals surface area contributed by atoms with Crippen LogP contribution in [-0.2, 0) is 22.1 Å². The van der Waals surface area contributed by atoms with Gasteiger partial charge in [-0.25, -0.2) is 0 Å². The number of morpholine rings is 1. The van der Waals surface area contributed by atoms with Crippen molar-refractivity contribution in [3.8, 4) is 23.5 Å².